The molecule has 7 nitrogen and oxygen atoms in total. The number of nitrogens with one attached hydrogen (secondary N) is 2. The largest absolute Gasteiger partial charge is 0.345 e. The molecule has 2 N–H and O–H groups in total. The molecule has 0 aliphatic heterocycles. The highest BCUT2D eigenvalue weighted by Gasteiger charge is 2.18. The number of benzene rings is 2. The SMILES string of the molecule is CC[C@@H](NC(=O)c1ccc(NS(C)(=O)=O)cc1Cl)c1ccc(S(C)(=O)=O)cc1. The molecule has 2 rings (SSSR count). The number of carbonyl (C=O) groups is 1. The minimum absolute atomic E-state index is 0.105. The molecule has 0 fully saturated rings. The van der Waals surface area contributed by atoms with Crippen LogP contribution in [0.5, 0.6) is 0 Å². The van der Waals surface area contributed by atoms with Gasteiger partial charge < -0.3 is 5.32 Å². The van der Waals surface area contributed by atoms with E-state index in [-0.39, 0.29) is 27.2 Å². The van der Waals surface area contributed by atoms with E-state index in [2.05, 4.69) is 10.0 Å². The smallest absolute Gasteiger partial charge is 0.253 e. The van der Waals surface area contributed by atoms with Crippen LogP contribution >= 0.6 is 11.6 Å². The van der Waals surface area contributed by atoms with Crippen molar-refractivity contribution in [2.45, 2.75) is 24.3 Å². The first-order valence-corrected chi connectivity index (χ1v) is 12.4. The fraction of sp³-hybridized carbons (Fsp3) is 0.278. The molecular weight excluding hydrogens is 424 g/mol. The summed E-state index contributed by atoms with van der Waals surface area (Å²) in [5.41, 5.74) is 1.22. The van der Waals surface area contributed by atoms with E-state index >= 15 is 0 Å². The first-order valence-electron chi connectivity index (χ1n) is 8.29. The van der Waals surface area contributed by atoms with Crippen molar-refractivity contribution in [2.75, 3.05) is 17.2 Å². The van der Waals surface area contributed by atoms with Crippen LogP contribution in [-0.4, -0.2) is 35.3 Å². The maximum Gasteiger partial charge on any atom is 0.253 e. The van der Waals surface area contributed by atoms with Gasteiger partial charge in [0.25, 0.3) is 5.91 Å². The molecule has 28 heavy (non-hydrogen) atoms. The second-order valence-electron chi connectivity index (χ2n) is 6.34. The summed E-state index contributed by atoms with van der Waals surface area (Å²) in [6, 6.07) is 10.2. The zero-order valence-corrected chi connectivity index (χ0v) is 18.0. The number of halogens is 1. The Kier molecular flexibility index (Phi) is 6.74. The normalized spacial score (nSPS) is 13.0. The fourth-order valence-corrected chi connectivity index (χ4v) is 4.03. The van der Waals surface area contributed by atoms with Crippen molar-refractivity contribution in [2.24, 2.45) is 0 Å². The van der Waals surface area contributed by atoms with Crippen molar-refractivity contribution in [1.29, 1.82) is 0 Å². The predicted molar refractivity (Wildman–Crippen MR) is 110 cm³/mol. The summed E-state index contributed by atoms with van der Waals surface area (Å²) >= 11 is 6.13. The van der Waals surface area contributed by atoms with Crippen LogP contribution in [0.15, 0.2) is 47.4 Å². The van der Waals surface area contributed by atoms with Gasteiger partial charge in [0, 0.05) is 11.9 Å². The van der Waals surface area contributed by atoms with Crippen molar-refractivity contribution >= 4 is 43.1 Å². The van der Waals surface area contributed by atoms with Crippen LogP contribution in [0, 0.1) is 0 Å². The molecule has 0 unspecified atom stereocenters. The Balaban J connectivity index is 2.20. The Morgan fingerprint density at radius 2 is 1.64 bits per heavy atom. The van der Waals surface area contributed by atoms with Gasteiger partial charge in [-0.2, -0.15) is 0 Å². The standard InChI is InChI=1S/C18H21ClN2O5S2/c1-4-17(12-5-8-14(9-6-12)27(2,23)24)20-18(22)15-10-7-13(11-16(15)19)21-28(3,25)26/h5-11,17,21H,4H2,1-3H3,(H,20,22)/t17-/m1/s1. The summed E-state index contributed by atoms with van der Waals surface area (Å²) in [6.07, 6.45) is 2.73. The third kappa shape index (κ3) is 5.95. The number of sulfonamides is 1. The summed E-state index contributed by atoms with van der Waals surface area (Å²) in [6.45, 7) is 1.89. The summed E-state index contributed by atoms with van der Waals surface area (Å²) in [5.74, 6) is -0.421. The molecule has 0 aromatic heterocycles. The molecule has 0 bridgehead atoms. The zero-order valence-electron chi connectivity index (χ0n) is 15.6. The first kappa shape index (κ1) is 22.2. The molecule has 0 saturated heterocycles. The minimum Gasteiger partial charge on any atom is -0.345 e. The Bertz CT molecular complexity index is 1080. The number of amides is 1. The monoisotopic (exact) mass is 444 g/mol. The molecule has 1 amide bonds. The van der Waals surface area contributed by atoms with Crippen molar-refractivity contribution in [3.63, 3.8) is 0 Å². The average molecular weight is 445 g/mol. The molecule has 0 spiro atoms. The number of rotatable bonds is 7. The highest BCUT2D eigenvalue weighted by Crippen LogP contribution is 2.24. The lowest BCUT2D eigenvalue weighted by atomic mass is 10.0. The number of anilines is 1. The fourth-order valence-electron chi connectivity index (χ4n) is 2.58. The highest BCUT2D eigenvalue weighted by molar-refractivity contribution is 7.92. The van der Waals surface area contributed by atoms with Crippen molar-refractivity contribution in [1.82, 2.24) is 5.32 Å². The number of sulfone groups is 1. The zero-order chi connectivity index (χ0) is 21.1. The van der Waals surface area contributed by atoms with Gasteiger partial charge in [-0.15, -0.1) is 0 Å². The van der Waals surface area contributed by atoms with Crippen LogP contribution in [-0.2, 0) is 19.9 Å². The molecule has 0 saturated carbocycles. The van der Waals surface area contributed by atoms with Crippen LogP contribution in [0.3, 0.4) is 0 Å². The topological polar surface area (TPSA) is 109 Å². The van der Waals surface area contributed by atoms with Gasteiger partial charge in [0.05, 0.1) is 27.8 Å². The van der Waals surface area contributed by atoms with Gasteiger partial charge in [-0.1, -0.05) is 30.7 Å². The minimum atomic E-state index is -3.45. The van der Waals surface area contributed by atoms with Crippen LogP contribution in [0.1, 0.15) is 35.3 Å². The van der Waals surface area contributed by atoms with E-state index in [0.717, 1.165) is 18.1 Å². The third-order valence-corrected chi connectivity index (χ3v) is 5.99. The average Bonchev–Trinajstić information content (AvgIpc) is 2.57. The number of carbonyl (C=O) groups excluding carboxylic acids is 1. The summed E-state index contributed by atoms with van der Waals surface area (Å²) in [7, 11) is -6.75. The van der Waals surface area contributed by atoms with Crippen LogP contribution in [0.2, 0.25) is 5.02 Å². The second kappa shape index (κ2) is 8.50. The summed E-state index contributed by atoms with van der Waals surface area (Å²) in [5, 5.41) is 2.96. The van der Waals surface area contributed by atoms with E-state index in [1.54, 1.807) is 12.1 Å². The Morgan fingerprint density at radius 3 is 2.11 bits per heavy atom. The lowest BCUT2D eigenvalue weighted by Crippen LogP contribution is -2.28. The maximum atomic E-state index is 12.6. The van der Waals surface area contributed by atoms with Crippen molar-refractivity contribution < 1.29 is 21.6 Å². The maximum absolute atomic E-state index is 12.6. The van der Waals surface area contributed by atoms with E-state index in [4.69, 9.17) is 11.6 Å². The quantitative estimate of drug-likeness (QED) is 0.682. The molecule has 0 aliphatic carbocycles. The Hall–Kier alpha value is -2.10. The predicted octanol–water partition coefficient (Wildman–Crippen LogP) is 3.00. The summed E-state index contributed by atoms with van der Waals surface area (Å²) < 4.78 is 48.0. The third-order valence-electron chi connectivity index (χ3n) is 3.94. The molecule has 0 radical (unpaired) electrons. The molecule has 0 heterocycles. The van der Waals surface area contributed by atoms with Crippen molar-refractivity contribution in [3.05, 3.63) is 58.6 Å². The molecule has 2 aromatic carbocycles. The lowest BCUT2D eigenvalue weighted by molar-refractivity contribution is 0.0935. The van der Waals surface area contributed by atoms with Gasteiger partial charge in [0.15, 0.2) is 9.84 Å². The summed E-state index contributed by atoms with van der Waals surface area (Å²) in [4.78, 5) is 12.8. The number of hydrogen-bond acceptors (Lipinski definition) is 5. The van der Waals surface area contributed by atoms with Crippen LogP contribution in [0.25, 0.3) is 0 Å². The van der Waals surface area contributed by atoms with Gasteiger partial charge >= 0.3 is 0 Å². The van der Waals surface area contributed by atoms with E-state index in [1.165, 1.54) is 30.3 Å². The van der Waals surface area contributed by atoms with E-state index < -0.39 is 25.8 Å². The molecule has 2 aromatic rings. The van der Waals surface area contributed by atoms with Gasteiger partial charge in [0.2, 0.25) is 10.0 Å². The van der Waals surface area contributed by atoms with Crippen LogP contribution in [0.4, 0.5) is 5.69 Å². The molecule has 0 aliphatic rings. The number of hydrogen-bond donors (Lipinski definition) is 2. The molecule has 1 atom stereocenters. The first-order chi connectivity index (χ1) is 12.9. The molecule has 152 valence electrons. The Labute approximate surface area is 170 Å². The second-order valence-corrected chi connectivity index (χ2v) is 10.5. The highest BCUT2D eigenvalue weighted by atomic mass is 35.5. The van der Waals surface area contributed by atoms with Crippen LogP contribution < -0.4 is 10.0 Å². The van der Waals surface area contributed by atoms with E-state index in [9.17, 15) is 21.6 Å². The van der Waals surface area contributed by atoms with Crippen molar-refractivity contribution in [3.8, 4) is 0 Å². The molecule has 10 heteroatoms. The Morgan fingerprint density at radius 1 is 1.04 bits per heavy atom. The lowest BCUT2D eigenvalue weighted by Gasteiger charge is -2.18. The van der Waals surface area contributed by atoms with Gasteiger partial charge in [0.1, 0.15) is 0 Å². The van der Waals surface area contributed by atoms with Gasteiger partial charge in [-0.25, -0.2) is 16.8 Å². The van der Waals surface area contributed by atoms with Gasteiger partial charge in [-0.3, -0.25) is 9.52 Å². The van der Waals surface area contributed by atoms with Gasteiger partial charge in [-0.05, 0) is 42.3 Å². The molecular formula is C18H21ClN2O5S2. The van der Waals surface area contributed by atoms with E-state index in [0.29, 0.717) is 6.42 Å². The van der Waals surface area contributed by atoms with E-state index in [1.807, 2.05) is 6.92 Å².